The molecule has 94 valence electrons. The molecule has 1 heterocycles. The van der Waals surface area contributed by atoms with Gasteiger partial charge >= 0.3 is 5.97 Å². The molecule has 1 unspecified atom stereocenters. The summed E-state index contributed by atoms with van der Waals surface area (Å²) >= 11 is 0. The number of rotatable bonds is 5. The molecule has 0 aliphatic carbocycles. The summed E-state index contributed by atoms with van der Waals surface area (Å²) in [4.78, 5) is 29.0. The largest absolute Gasteiger partial charge is 0.480 e. The molecule has 0 spiro atoms. The molecule has 6 nitrogen and oxygen atoms in total. The van der Waals surface area contributed by atoms with Gasteiger partial charge in [-0.3, -0.25) is 4.79 Å². The topological polar surface area (TPSA) is 95.1 Å². The first kappa shape index (κ1) is 13.2. The standard InChI is InChI=1S/C11H17N3O3/c1-4-7-12-8(5-9(15)13-7)14-10(6(2)3)11(16)17/h5-6,10H,4H2,1-3H3,(H,16,17)(H2,12,13,14,15). The maximum atomic E-state index is 11.3. The summed E-state index contributed by atoms with van der Waals surface area (Å²) in [6.07, 6.45) is 0.587. The van der Waals surface area contributed by atoms with Crippen molar-refractivity contribution in [3.63, 3.8) is 0 Å². The maximum absolute atomic E-state index is 11.3. The minimum absolute atomic E-state index is 0.0985. The number of hydrogen-bond donors (Lipinski definition) is 3. The van der Waals surface area contributed by atoms with Gasteiger partial charge in [0.15, 0.2) is 0 Å². The number of hydrogen-bond acceptors (Lipinski definition) is 4. The summed E-state index contributed by atoms with van der Waals surface area (Å²) in [5.41, 5.74) is -0.285. The van der Waals surface area contributed by atoms with Crippen molar-refractivity contribution < 1.29 is 9.90 Å². The van der Waals surface area contributed by atoms with Crippen molar-refractivity contribution >= 4 is 11.8 Å². The van der Waals surface area contributed by atoms with Crippen molar-refractivity contribution in [3.05, 3.63) is 22.2 Å². The van der Waals surface area contributed by atoms with E-state index in [0.29, 0.717) is 18.1 Å². The molecule has 1 aromatic heterocycles. The van der Waals surface area contributed by atoms with Gasteiger partial charge in [0.25, 0.3) is 5.56 Å². The van der Waals surface area contributed by atoms with Gasteiger partial charge in [-0.25, -0.2) is 9.78 Å². The lowest BCUT2D eigenvalue weighted by Crippen LogP contribution is -2.35. The number of aliphatic carboxylic acids is 1. The van der Waals surface area contributed by atoms with Crippen molar-refractivity contribution in [2.75, 3.05) is 5.32 Å². The smallest absolute Gasteiger partial charge is 0.326 e. The lowest BCUT2D eigenvalue weighted by atomic mass is 10.1. The molecule has 0 saturated carbocycles. The van der Waals surface area contributed by atoms with Crippen LogP contribution in [0.2, 0.25) is 0 Å². The van der Waals surface area contributed by atoms with Crippen LogP contribution in [0.5, 0.6) is 0 Å². The molecule has 1 atom stereocenters. The Morgan fingerprint density at radius 2 is 2.24 bits per heavy atom. The van der Waals surface area contributed by atoms with Crippen LogP contribution >= 0.6 is 0 Å². The number of carboxylic acids is 1. The highest BCUT2D eigenvalue weighted by molar-refractivity contribution is 5.77. The zero-order chi connectivity index (χ0) is 13.0. The van der Waals surface area contributed by atoms with Gasteiger partial charge in [0.1, 0.15) is 17.7 Å². The average Bonchev–Trinajstić information content (AvgIpc) is 2.24. The van der Waals surface area contributed by atoms with Gasteiger partial charge in [-0.05, 0) is 5.92 Å². The van der Waals surface area contributed by atoms with Crippen LogP contribution in [0.4, 0.5) is 5.82 Å². The number of aromatic nitrogens is 2. The van der Waals surface area contributed by atoms with Crippen LogP contribution in [0.1, 0.15) is 26.6 Å². The Morgan fingerprint density at radius 3 is 2.71 bits per heavy atom. The van der Waals surface area contributed by atoms with Crippen LogP contribution in [0, 0.1) is 5.92 Å². The quantitative estimate of drug-likeness (QED) is 0.708. The first-order chi connectivity index (χ1) is 7.93. The van der Waals surface area contributed by atoms with E-state index in [1.165, 1.54) is 6.07 Å². The minimum atomic E-state index is -0.958. The van der Waals surface area contributed by atoms with Crippen molar-refractivity contribution in [2.24, 2.45) is 5.92 Å². The Morgan fingerprint density at radius 1 is 1.59 bits per heavy atom. The summed E-state index contributed by atoms with van der Waals surface area (Å²) in [5.74, 6) is -0.224. The second-order valence-corrected chi connectivity index (χ2v) is 4.14. The normalized spacial score (nSPS) is 12.5. The second kappa shape index (κ2) is 5.47. The fourth-order valence-electron chi connectivity index (χ4n) is 1.42. The van der Waals surface area contributed by atoms with E-state index in [4.69, 9.17) is 5.11 Å². The second-order valence-electron chi connectivity index (χ2n) is 4.14. The molecular formula is C11H17N3O3. The van der Waals surface area contributed by atoms with E-state index in [0.717, 1.165) is 0 Å². The van der Waals surface area contributed by atoms with Gasteiger partial charge in [-0.1, -0.05) is 20.8 Å². The number of aryl methyl sites for hydroxylation is 1. The van der Waals surface area contributed by atoms with Crippen LogP contribution in [0.3, 0.4) is 0 Å². The molecule has 6 heteroatoms. The van der Waals surface area contributed by atoms with E-state index >= 15 is 0 Å². The molecule has 3 N–H and O–H groups in total. The molecular weight excluding hydrogens is 222 g/mol. The zero-order valence-electron chi connectivity index (χ0n) is 10.2. The number of carboxylic acid groups (broad SMARTS) is 1. The summed E-state index contributed by atoms with van der Waals surface area (Å²) in [5, 5.41) is 11.8. The van der Waals surface area contributed by atoms with Crippen LogP contribution < -0.4 is 10.9 Å². The molecule has 1 rings (SSSR count). The Hall–Kier alpha value is -1.85. The Bertz CT molecular complexity index is 454. The lowest BCUT2D eigenvalue weighted by Gasteiger charge is -2.18. The van der Waals surface area contributed by atoms with Crippen molar-refractivity contribution in [1.29, 1.82) is 0 Å². The molecule has 0 fully saturated rings. The predicted octanol–water partition coefficient (Wildman–Crippen LogP) is 0.853. The monoisotopic (exact) mass is 239 g/mol. The third-order valence-corrected chi connectivity index (χ3v) is 2.36. The molecule has 1 aromatic rings. The number of anilines is 1. The van der Waals surface area contributed by atoms with E-state index in [1.807, 2.05) is 6.92 Å². The molecule has 0 amide bonds. The molecule has 0 bridgehead atoms. The highest BCUT2D eigenvalue weighted by Crippen LogP contribution is 2.09. The van der Waals surface area contributed by atoms with E-state index in [-0.39, 0.29) is 11.5 Å². The van der Waals surface area contributed by atoms with Crippen LogP contribution in [-0.4, -0.2) is 27.1 Å². The van der Waals surface area contributed by atoms with Gasteiger partial charge in [0.2, 0.25) is 0 Å². The summed E-state index contributed by atoms with van der Waals surface area (Å²) in [7, 11) is 0. The first-order valence-corrected chi connectivity index (χ1v) is 5.53. The molecule has 17 heavy (non-hydrogen) atoms. The number of aromatic amines is 1. The summed E-state index contributed by atoms with van der Waals surface area (Å²) in [6.45, 7) is 5.44. The number of H-pyrrole nitrogens is 1. The van der Waals surface area contributed by atoms with Crippen molar-refractivity contribution in [2.45, 2.75) is 33.2 Å². The number of carbonyl (C=O) groups is 1. The molecule has 0 aliphatic heterocycles. The fraction of sp³-hybridized carbons (Fsp3) is 0.545. The SMILES string of the molecule is CCc1nc(NC(C(=O)O)C(C)C)cc(=O)[nH]1. The highest BCUT2D eigenvalue weighted by Gasteiger charge is 2.21. The average molecular weight is 239 g/mol. The number of nitrogens with zero attached hydrogens (tertiary/aromatic N) is 1. The Labute approximate surface area is 99.1 Å². The van der Waals surface area contributed by atoms with Crippen molar-refractivity contribution in [1.82, 2.24) is 9.97 Å². The van der Waals surface area contributed by atoms with Gasteiger partial charge in [-0.15, -0.1) is 0 Å². The predicted molar refractivity (Wildman–Crippen MR) is 64.1 cm³/mol. The maximum Gasteiger partial charge on any atom is 0.326 e. The van der Waals surface area contributed by atoms with Crippen LogP contribution in [0.15, 0.2) is 10.9 Å². The zero-order valence-corrected chi connectivity index (χ0v) is 10.2. The molecule has 0 saturated heterocycles. The van der Waals surface area contributed by atoms with Gasteiger partial charge in [0.05, 0.1) is 0 Å². The third-order valence-electron chi connectivity index (χ3n) is 2.36. The minimum Gasteiger partial charge on any atom is -0.480 e. The molecule has 0 radical (unpaired) electrons. The lowest BCUT2D eigenvalue weighted by molar-refractivity contribution is -0.138. The fourth-order valence-corrected chi connectivity index (χ4v) is 1.42. The number of nitrogens with one attached hydrogen (secondary N) is 2. The molecule has 0 aromatic carbocycles. The Kier molecular flexibility index (Phi) is 4.25. The van der Waals surface area contributed by atoms with Crippen LogP contribution in [0.25, 0.3) is 0 Å². The van der Waals surface area contributed by atoms with E-state index in [1.54, 1.807) is 13.8 Å². The van der Waals surface area contributed by atoms with Gasteiger partial charge in [-0.2, -0.15) is 0 Å². The van der Waals surface area contributed by atoms with Crippen LogP contribution in [-0.2, 0) is 11.2 Å². The first-order valence-electron chi connectivity index (χ1n) is 5.53. The third kappa shape index (κ3) is 3.58. The summed E-state index contributed by atoms with van der Waals surface area (Å²) in [6, 6.07) is 0.506. The van der Waals surface area contributed by atoms with Gasteiger partial charge in [0, 0.05) is 12.5 Å². The van der Waals surface area contributed by atoms with Crippen molar-refractivity contribution in [3.8, 4) is 0 Å². The highest BCUT2D eigenvalue weighted by atomic mass is 16.4. The Balaban J connectivity index is 2.97. The van der Waals surface area contributed by atoms with E-state index in [9.17, 15) is 9.59 Å². The van der Waals surface area contributed by atoms with Gasteiger partial charge < -0.3 is 15.4 Å². The van der Waals surface area contributed by atoms with E-state index < -0.39 is 12.0 Å². The van der Waals surface area contributed by atoms with E-state index in [2.05, 4.69) is 15.3 Å². The molecule has 0 aliphatic rings. The summed E-state index contributed by atoms with van der Waals surface area (Å²) < 4.78 is 0.